The molecule has 0 saturated heterocycles. The Morgan fingerprint density at radius 1 is 1.35 bits per heavy atom. The van der Waals surface area contributed by atoms with Crippen molar-refractivity contribution in [3.8, 4) is 0 Å². The summed E-state index contributed by atoms with van der Waals surface area (Å²) in [7, 11) is 0. The molecular weight excluding hydrogens is 250 g/mol. The molecule has 0 aliphatic heterocycles. The Labute approximate surface area is 109 Å². The molecule has 1 N–H and O–H groups in total. The first-order valence-corrected chi connectivity index (χ1v) is 7.33. The summed E-state index contributed by atoms with van der Waals surface area (Å²) in [5.74, 6) is 0.127. The summed E-state index contributed by atoms with van der Waals surface area (Å²) >= 11 is 3.41. The Hall–Kier alpha value is -1.13. The number of amides is 1. The van der Waals surface area contributed by atoms with Crippen LogP contribution in [0, 0.1) is 6.92 Å². The first kappa shape index (κ1) is 12.3. The minimum absolute atomic E-state index is 0.127. The number of aryl methyl sites for hydroxylation is 2. The molecule has 0 radical (unpaired) electrons. The lowest BCUT2D eigenvalue weighted by Gasteiger charge is -2.02. The Bertz CT molecular complexity index is 473. The van der Waals surface area contributed by atoms with E-state index in [-0.39, 0.29) is 5.91 Å². The summed E-state index contributed by atoms with van der Waals surface area (Å²) in [6.45, 7) is 2.73. The number of rotatable bonds is 5. The summed E-state index contributed by atoms with van der Waals surface area (Å²) in [5.41, 5.74) is 1.25. The first-order chi connectivity index (χ1) is 8.24. The van der Waals surface area contributed by atoms with Gasteiger partial charge in [-0.25, -0.2) is 0 Å². The topological polar surface area (TPSA) is 29.1 Å². The van der Waals surface area contributed by atoms with Gasteiger partial charge in [-0.1, -0.05) is 0 Å². The van der Waals surface area contributed by atoms with Gasteiger partial charge in [0.25, 0.3) is 0 Å². The highest BCUT2D eigenvalue weighted by Crippen LogP contribution is 2.14. The molecule has 2 aromatic heterocycles. The molecule has 2 heterocycles. The van der Waals surface area contributed by atoms with Crippen molar-refractivity contribution >= 4 is 28.6 Å². The zero-order chi connectivity index (χ0) is 12.1. The van der Waals surface area contributed by atoms with Gasteiger partial charge in [0.05, 0.1) is 6.54 Å². The minimum atomic E-state index is 0.127. The van der Waals surface area contributed by atoms with Gasteiger partial charge in [-0.15, -0.1) is 11.3 Å². The maximum Gasteiger partial charge on any atom is 0.220 e. The van der Waals surface area contributed by atoms with E-state index in [0.29, 0.717) is 13.0 Å². The quantitative estimate of drug-likeness (QED) is 0.882. The van der Waals surface area contributed by atoms with Crippen LogP contribution in [0.5, 0.6) is 0 Å². The van der Waals surface area contributed by atoms with E-state index in [1.807, 2.05) is 5.38 Å². The van der Waals surface area contributed by atoms with Crippen molar-refractivity contribution in [3.63, 3.8) is 0 Å². The van der Waals surface area contributed by atoms with Gasteiger partial charge in [-0.3, -0.25) is 4.79 Å². The Kier molecular flexibility index (Phi) is 4.34. The van der Waals surface area contributed by atoms with E-state index >= 15 is 0 Å². The first-order valence-electron chi connectivity index (χ1n) is 5.57. The fourth-order valence-electron chi connectivity index (χ4n) is 1.55. The number of carbonyl (C=O) groups excluding carboxylic acids is 1. The normalized spacial score (nSPS) is 10.4. The number of thiophene rings is 2. The SMILES string of the molecule is Cc1ccc(CNC(=O)CCc2ccsc2)s1. The van der Waals surface area contributed by atoms with Crippen LogP contribution in [0.2, 0.25) is 0 Å². The molecule has 2 rings (SSSR count). The Morgan fingerprint density at radius 3 is 2.88 bits per heavy atom. The van der Waals surface area contributed by atoms with E-state index < -0.39 is 0 Å². The second kappa shape index (κ2) is 5.98. The molecule has 2 nitrogen and oxygen atoms in total. The van der Waals surface area contributed by atoms with Gasteiger partial charge < -0.3 is 5.32 Å². The van der Waals surface area contributed by atoms with E-state index in [1.165, 1.54) is 15.3 Å². The predicted molar refractivity (Wildman–Crippen MR) is 73.5 cm³/mol. The average molecular weight is 265 g/mol. The maximum absolute atomic E-state index is 11.6. The zero-order valence-corrected chi connectivity index (χ0v) is 11.4. The number of nitrogens with one attached hydrogen (secondary N) is 1. The molecule has 90 valence electrons. The lowest BCUT2D eigenvalue weighted by Crippen LogP contribution is -2.22. The molecular formula is C13H15NOS2. The summed E-state index contributed by atoms with van der Waals surface area (Å²) < 4.78 is 0. The van der Waals surface area contributed by atoms with Crippen molar-refractivity contribution in [2.45, 2.75) is 26.3 Å². The Morgan fingerprint density at radius 2 is 2.24 bits per heavy atom. The van der Waals surface area contributed by atoms with Crippen molar-refractivity contribution in [1.29, 1.82) is 0 Å². The Balaban J connectivity index is 1.71. The highest BCUT2D eigenvalue weighted by atomic mass is 32.1. The van der Waals surface area contributed by atoms with Crippen LogP contribution < -0.4 is 5.32 Å². The molecule has 0 aliphatic carbocycles. The summed E-state index contributed by atoms with van der Waals surface area (Å²) in [6.07, 6.45) is 1.40. The van der Waals surface area contributed by atoms with Crippen molar-refractivity contribution in [2.24, 2.45) is 0 Å². The third-order valence-electron chi connectivity index (χ3n) is 2.48. The van der Waals surface area contributed by atoms with E-state index in [2.05, 4.69) is 35.8 Å². The smallest absolute Gasteiger partial charge is 0.220 e. The fourth-order valence-corrected chi connectivity index (χ4v) is 3.08. The lowest BCUT2D eigenvalue weighted by molar-refractivity contribution is -0.121. The van der Waals surface area contributed by atoms with Crippen LogP contribution in [0.3, 0.4) is 0 Å². The van der Waals surface area contributed by atoms with Gasteiger partial charge in [0.2, 0.25) is 5.91 Å². The number of hydrogen-bond donors (Lipinski definition) is 1. The standard InChI is InChI=1S/C13H15NOS2/c1-10-2-4-12(17-10)8-14-13(15)5-3-11-6-7-16-9-11/h2,4,6-7,9H,3,5,8H2,1H3,(H,14,15). The van der Waals surface area contributed by atoms with Gasteiger partial charge in [0.1, 0.15) is 0 Å². The molecule has 0 atom stereocenters. The molecule has 4 heteroatoms. The molecule has 17 heavy (non-hydrogen) atoms. The minimum Gasteiger partial charge on any atom is -0.351 e. The van der Waals surface area contributed by atoms with Crippen molar-refractivity contribution in [2.75, 3.05) is 0 Å². The van der Waals surface area contributed by atoms with Gasteiger partial charge in [0.15, 0.2) is 0 Å². The third-order valence-corrected chi connectivity index (χ3v) is 4.21. The second-order valence-electron chi connectivity index (χ2n) is 3.92. The highest BCUT2D eigenvalue weighted by molar-refractivity contribution is 7.11. The predicted octanol–water partition coefficient (Wildman–Crippen LogP) is 3.37. The second-order valence-corrected chi connectivity index (χ2v) is 6.07. The van der Waals surface area contributed by atoms with E-state index in [1.54, 1.807) is 22.7 Å². The number of carbonyl (C=O) groups is 1. The highest BCUT2D eigenvalue weighted by Gasteiger charge is 2.03. The van der Waals surface area contributed by atoms with Crippen LogP contribution in [-0.4, -0.2) is 5.91 Å². The summed E-state index contributed by atoms with van der Waals surface area (Å²) in [6, 6.07) is 6.22. The zero-order valence-electron chi connectivity index (χ0n) is 9.73. The van der Waals surface area contributed by atoms with Gasteiger partial charge >= 0.3 is 0 Å². The van der Waals surface area contributed by atoms with Crippen LogP contribution in [-0.2, 0) is 17.8 Å². The molecule has 0 unspecified atom stereocenters. The molecule has 0 saturated carbocycles. The third kappa shape index (κ3) is 3.98. The molecule has 0 bridgehead atoms. The van der Waals surface area contributed by atoms with Crippen molar-refractivity contribution in [1.82, 2.24) is 5.32 Å². The van der Waals surface area contributed by atoms with Crippen LogP contribution in [0.4, 0.5) is 0 Å². The van der Waals surface area contributed by atoms with Gasteiger partial charge in [-0.2, -0.15) is 11.3 Å². The molecule has 0 aliphatic rings. The van der Waals surface area contributed by atoms with E-state index in [0.717, 1.165) is 6.42 Å². The molecule has 0 fully saturated rings. The van der Waals surface area contributed by atoms with Crippen molar-refractivity contribution in [3.05, 3.63) is 44.3 Å². The lowest BCUT2D eigenvalue weighted by atomic mass is 10.2. The fraction of sp³-hybridized carbons (Fsp3) is 0.308. The van der Waals surface area contributed by atoms with E-state index in [4.69, 9.17) is 0 Å². The van der Waals surface area contributed by atoms with Crippen LogP contribution >= 0.6 is 22.7 Å². The van der Waals surface area contributed by atoms with Gasteiger partial charge in [0, 0.05) is 16.2 Å². The average Bonchev–Trinajstić information content (AvgIpc) is 2.95. The van der Waals surface area contributed by atoms with Crippen LogP contribution in [0.1, 0.15) is 21.7 Å². The largest absolute Gasteiger partial charge is 0.351 e. The van der Waals surface area contributed by atoms with Crippen molar-refractivity contribution < 1.29 is 4.79 Å². The van der Waals surface area contributed by atoms with Crippen LogP contribution in [0.15, 0.2) is 29.0 Å². The van der Waals surface area contributed by atoms with Crippen LogP contribution in [0.25, 0.3) is 0 Å². The van der Waals surface area contributed by atoms with E-state index in [9.17, 15) is 4.79 Å². The molecule has 0 aromatic carbocycles. The number of hydrogen-bond acceptors (Lipinski definition) is 3. The molecule has 0 spiro atoms. The summed E-state index contributed by atoms with van der Waals surface area (Å²) in [4.78, 5) is 14.1. The molecule has 2 aromatic rings. The van der Waals surface area contributed by atoms with Gasteiger partial charge in [-0.05, 0) is 47.9 Å². The monoisotopic (exact) mass is 265 g/mol. The molecule has 1 amide bonds. The maximum atomic E-state index is 11.6. The summed E-state index contributed by atoms with van der Waals surface area (Å²) in [5, 5.41) is 7.09.